The monoisotopic (exact) mass is 655 g/mol. The fourth-order valence-electron chi connectivity index (χ4n) is 3.41. The molecule has 0 radical (unpaired) electrons. The molecule has 8 nitrogen and oxygen atoms in total. The fraction of sp³-hybridized carbons (Fsp3) is 0.391. The molecule has 0 aliphatic carbocycles. The Morgan fingerprint density at radius 3 is 2.31 bits per heavy atom. The van der Waals surface area contributed by atoms with E-state index in [0.717, 1.165) is 6.07 Å². The van der Waals surface area contributed by atoms with Crippen LogP contribution >= 0.6 is 48.0 Å². The zero-order valence-corrected chi connectivity index (χ0v) is 24.4. The van der Waals surface area contributed by atoms with Crippen LogP contribution in [0.4, 0.5) is 13.2 Å². The lowest BCUT2D eigenvalue weighted by Gasteiger charge is -2.17. The number of hydrogen-bond donors (Lipinski definition) is 4. The molecule has 0 heterocycles. The van der Waals surface area contributed by atoms with Crippen molar-refractivity contribution in [1.29, 1.82) is 0 Å². The number of rotatable bonds is 12. The summed E-state index contributed by atoms with van der Waals surface area (Å²) in [5.74, 6) is -2.26. The molecule has 0 spiro atoms. The van der Waals surface area contributed by atoms with Gasteiger partial charge in [0.2, 0.25) is 0 Å². The predicted octanol–water partition coefficient (Wildman–Crippen LogP) is 4.86. The number of nitrogens with one attached hydrogen (secondary N) is 2. The molecule has 0 saturated carbocycles. The van der Waals surface area contributed by atoms with Crippen LogP contribution in [0, 0.1) is 0 Å². The highest BCUT2D eigenvalue weighted by molar-refractivity contribution is 7.91. The van der Waals surface area contributed by atoms with Crippen LogP contribution in [-0.2, 0) is 33.9 Å². The van der Waals surface area contributed by atoms with E-state index in [1.807, 2.05) is 0 Å². The number of hydrogen-bond acceptors (Lipinski definition) is 6. The Kier molecular flexibility index (Phi) is 15.1. The van der Waals surface area contributed by atoms with Crippen LogP contribution in [-0.4, -0.2) is 43.7 Å². The Balaban J connectivity index is 0.00000722. The number of carboxylic acids is 1. The minimum Gasteiger partial charge on any atom is -0.480 e. The Bertz CT molecular complexity index is 1260. The molecular formula is C23H28Cl4F3N3O5S. The third kappa shape index (κ3) is 10.6. The van der Waals surface area contributed by atoms with Crippen LogP contribution in [0.15, 0.2) is 35.2 Å². The lowest BCUT2D eigenvalue weighted by Crippen LogP contribution is -2.31. The van der Waals surface area contributed by atoms with Crippen molar-refractivity contribution >= 4 is 69.7 Å². The van der Waals surface area contributed by atoms with Crippen LogP contribution in [0.3, 0.4) is 0 Å². The molecule has 16 heteroatoms. The van der Waals surface area contributed by atoms with Gasteiger partial charge in [0.25, 0.3) is 5.91 Å². The van der Waals surface area contributed by atoms with Gasteiger partial charge >= 0.3 is 12.1 Å². The van der Waals surface area contributed by atoms with E-state index in [1.165, 1.54) is 25.1 Å². The molecule has 0 aromatic heterocycles. The molecule has 2 rings (SSSR count). The summed E-state index contributed by atoms with van der Waals surface area (Å²) in [6.45, 7) is 1.07. The molecule has 220 valence electrons. The van der Waals surface area contributed by atoms with Crippen LogP contribution in [0.5, 0.6) is 0 Å². The number of alkyl halides is 3. The minimum atomic E-state index is -4.82. The number of carbonyl (C=O) groups is 2. The lowest BCUT2D eigenvalue weighted by molar-refractivity contribution is -0.139. The predicted molar refractivity (Wildman–Crippen MR) is 148 cm³/mol. The average Bonchev–Trinajstić information content (AvgIpc) is 2.81. The Labute approximate surface area is 246 Å². The second kappa shape index (κ2) is 15.8. The van der Waals surface area contributed by atoms with Gasteiger partial charge in [0.1, 0.15) is 6.04 Å². The molecule has 0 bridgehead atoms. The average molecular weight is 657 g/mol. The first-order chi connectivity index (χ1) is 17.2. The maximum atomic E-state index is 13.8. The van der Waals surface area contributed by atoms with Gasteiger partial charge in [0.15, 0.2) is 9.84 Å². The van der Waals surface area contributed by atoms with E-state index in [9.17, 15) is 31.2 Å². The number of nitrogens with two attached hydrogens (primary N) is 1. The van der Waals surface area contributed by atoms with Crippen LogP contribution < -0.4 is 16.4 Å². The first-order valence-electron chi connectivity index (χ1n) is 11.1. The number of sulfone groups is 1. The summed E-state index contributed by atoms with van der Waals surface area (Å²) in [5.41, 5.74) is 3.82. The molecule has 1 amide bonds. The number of amides is 1. The first-order valence-corrected chi connectivity index (χ1v) is 13.5. The van der Waals surface area contributed by atoms with Gasteiger partial charge in [-0.2, -0.15) is 13.2 Å². The van der Waals surface area contributed by atoms with Crippen LogP contribution in [0.2, 0.25) is 10.0 Å². The van der Waals surface area contributed by atoms with Crippen molar-refractivity contribution in [3.8, 4) is 0 Å². The topological polar surface area (TPSA) is 139 Å². The number of carbonyl (C=O) groups excluding carboxylic acids is 1. The number of carboxylic acid groups (broad SMARTS) is 1. The normalized spacial score (nSPS) is 12.2. The largest absolute Gasteiger partial charge is 0.480 e. The quantitative estimate of drug-likeness (QED) is 0.239. The minimum absolute atomic E-state index is 0. The number of benzene rings is 2. The van der Waals surface area contributed by atoms with Crippen molar-refractivity contribution < 1.29 is 36.3 Å². The third-order valence-corrected chi connectivity index (χ3v) is 7.83. The first kappa shape index (κ1) is 37.2. The molecule has 0 saturated heterocycles. The zero-order valence-electron chi connectivity index (χ0n) is 20.5. The summed E-state index contributed by atoms with van der Waals surface area (Å²) in [6.07, 6.45) is -4.38. The second-order valence-electron chi connectivity index (χ2n) is 8.08. The molecule has 2 aromatic carbocycles. The van der Waals surface area contributed by atoms with E-state index < -0.39 is 39.5 Å². The van der Waals surface area contributed by atoms with Crippen molar-refractivity contribution in [2.45, 2.75) is 50.0 Å². The van der Waals surface area contributed by atoms with Crippen molar-refractivity contribution in [1.82, 2.24) is 10.6 Å². The van der Waals surface area contributed by atoms with Gasteiger partial charge < -0.3 is 21.5 Å². The molecular weight excluding hydrogens is 629 g/mol. The molecule has 1 unspecified atom stereocenters. The molecule has 2 aromatic rings. The Morgan fingerprint density at radius 1 is 1.10 bits per heavy atom. The van der Waals surface area contributed by atoms with Gasteiger partial charge in [-0.3, -0.25) is 9.59 Å². The Morgan fingerprint density at radius 2 is 1.74 bits per heavy atom. The lowest BCUT2D eigenvalue weighted by atomic mass is 10.0. The standard InChI is InChI=1S/C23H26Cl2F3N3O5S.2ClH/c1-2-37(35,36)20-6-5-15(24)8-14(20)11-31-21(32)13-9-17(23(26,27)28)16(18(25)10-13)12-30-7-3-4-19(29)22(33)34;;/h5-6,8-10,19,30H,2-4,7,11-12,29H2,1H3,(H,31,32)(H,33,34);2*1H. The summed E-state index contributed by atoms with van der Waals surface area (Å²) >= 11 is 12.1. The summed E-state index contributed by atoms with van der Waals surface area (Å²) in [6, 6.07) is 4.73. The molecule has 0 fully saturated rings. The Hall–Kier alpha value is -1.80. The van der Waals surface area contributed by atoms with Crippen LogP contribution in [0.25, 0.3) is 0 Å². The summed E-state index contributed by atoms with van der Waals surface area (Å²) in [4.78, 5) is 23.4. The number of aliphatic carboxylic acids is 1. The van der Waals surface area contributed by atoms with Gasteiger partial charge in [-0.05, 0) is 60.8 Å². The molecule has 0 aliphatic rings. The van der Waals surface area contributed by atoms with Gasteiger partial charge in [-0.1, -0.05) is 30.1 Å². The maximum Gasteiger partial charge on any atom is 0.416 e. The van der Waals surface area contributed by atoms with Crippen molar-refractivity contribution in [3.05, 3.63) is 62.6 Å². The van der Waals surface area contributed by atoms with E-state index in [1.54, 1.807) is 0 Å². The summed E-state index contributed by atoms with van der Waals surface area (Å²) in [5, 5.41) is 13.9. The highest BCUT2D eigenvalue weighted by atomic mass is 35.5. The zero-order chi connectivity index (χ0) is 28.0. The summed E-state index contributed by atoms with van der Waals surface area (Å²) < 4.78 is 66.0. The van der Waals surface area contributed by atoms with E-state index in [4.69, 9.17) is 34.0 Å². The second-order valence-corrected chi connectivity index (χ2v) is 11.2. The van der Waals surface area contributed by atoms with Gasteiger partial charge in [0, 0.05) is 28.7 Å². The highest BCUT2D eigenvalue weighted by Gasteiger charge is 2.35. The maximum absolute atomic E-state index is 13.8. The van der Waals surface area contributed by atoms with E-state index in [0.29, 0.717) is 12.5 Å². The molecule has 0 aliphatic heterocycles. The number of halogens is 7. The van der Waals surface area contributed by atoms with E-state index in [2.05, 4.69) is 10.6 Å². The van der Waals surface area contributed by atoms with Crippen molar-refractivity contribution in [2.75, 3.05) is 12.3 Å². The SMILES string of the molecule is CCS(=O)(=O)c1ccc(Cl)cc1CNC(=O)c1cc(Cl)c(CNCCCC(N)C(=O)O)c(C(F)(F)F)c1.Cl.Cl. The third-order valence-electron chi connectivity index (χ3n) is 5.43. The summed E-state index contributed by atoms with van der Waals surface area (Å²) in [7, 11) is -3.64. The fourth-order valence-corrected chi connectivity index (χ4v) is 5.00. The van der Waals surface area contributed by atoms with Gasteiger partial charge in [-0.15, -0.1) is 24.8 Å². The van der Waals surface area contributed by atoms with Gasteiger partial charge in [-0.25, -0.2) is 8.42 Å². The molecule has 1 atom stereocenters. The van der Waals surface area contributed by atoms with E-state index >= 15 is 0 Å². The van der Waals surface area contributed by atoms with Crippen molar-refractivity contribution in [2.24, 2.45) is 5.73 Å². The van der Waals surface area contributed by atoms with Crippen molar-refractivity contribution in [3.63, 3.8) is 0 Å². The smallest absolute Gasteiger partial charge is 0.416 e. The van der Waals surface area contributed by atoms with Crippen LogP contribution in [0.1, 0.15) is 46.8 Å². The van der Waals surface area contributed by atoms with E-state index in [-0.39, 0.29) is 88.3 Å². The molecule has 39 heavy (non-hydrogen) atoms. The van der Waals surface area contributed by atoms with Gasteiger partial charge in [0.05, 0.1) is 16.2 Å². The molecule has 5 N–H and O–H groups in total. The highest BCUT2D eigenvalue weighted by Crippen LogP contribution is 2.36.